The molecule has 0 fully saturated rings. The molecule has 6 aromatic carbocycles. The van der Waals surface area contributed by atoms with E-state index in [4.69, 9.17) is 22.9 Å². The van der Waals surface area contributed by atoms with Gasteiger partial charge in [-0.3, -0.25) is 13.7 Å². The standard InChI is InChI=1S/C34H29N11O10S3/c35-18-1-4-21(5-2-18)41-44-32-28(57(50,51)52)13-17-14-29(58(53,54)55)33(34(46)30(17)31(32)38)45-42-23-10-12-26(27(16-23)56(47,48)49)39-20-6-8-22(9-7-20)40-43-25-11-3-19(36)15-24(25)37/h1-16,39,46H,35-38H2,(H,47,48,49)(H,50,51,52)(H,53,54,55). The number of nitrogens with zero attached hydrogens (tertiary/aromatic N) is 6. The molecule has 0 aromatic heterocycles. The summed E-state index contributed by atoms with van der Waals surface area (Å²) >= 11 is 0. The summed E-state index contributed by atoms with van der Waals surface area (Å²) in [5.41, 5.74) is 23.4. The van der Waals surface area contributed by atoms with E-state index >= 15 is 0 Å². The van der Waals surface area contributed by atoms with Crippen molar-refractivity contribution in [2.75, 3.05) is 28.3 Å². The molecule has 0 unspecified atom stereocenters. The summed E-state index contributed by atoms with van der Waals surface area (Å²) in [7, 11) is -15.3. The molecule has 13 N–H and O–H groups in total. The van der Waals surface area contributed by atoms with Crippen molar-refractivity contribution >= 4 is 109 Å². The van der Waals surface area contributed by atoms with Crippen LogP contribution in [0.2, 0.25) is 0 Å². The van der Waals surface area contributed by atoms with E-state index in [1.807, 2.05) is 0 Å². The molecular formula is C34H29N11O10S3. The minimum atomic E-state index is -5.26. The molecule has 0 saturated heterocycles. The van der Waals surface area contributed by atoms with Gasteiger partial charge in [0.2, 0.25) is 0 Å². The number of nitrogens with one attached hydrogen (secondary N) is 1. The maximum Gasteiger partial charge on any atom is 0.296 e. The van der Waals surface area contributed by atoms with E-state index < -0.39 is 78.6 Å². The van der Waals surface area contributed by atoms with Crippen molar-refractivity contribution in [2.24, 2.45) is 30.7 Å². The zero-order valence-corrected chi connectivity index (χ0v) is 31.6. The van der Waals surface area contributed by atoms with Crippen molar-refractivity contribution < 1.29 is 44.0 Å². The molecule has 0 heterocycles. The van der Waals surface area contributed by atoms with Crippen LogP contribution in [0.4, 0.5) is 68.2 Å². The van der Waals surface area contributed by atoms with Gasteiger partial charge >= 0.3 is 0 Å². The topological polar surface area (TPSA) is 374 Å². The predicted octanol–water partition coefficient (Wildman–Crippen LogP) is 7.60. The highest BCUT2D eigenvalue weighted by molar-refractivity contribution is 7.86. The number of aromatic hydroxyl groups is 1. The van der Waals surface area contributed by atoms with Gasteiger partial charge in [-0.2, -0.15) is 40.6 Å². The third-order valence-electron chi connectivity index (χ3n) is 8.01. The fourth-order valence-corrected chi connectivity index (χ4v) is 7.29. The average Bonchev–Trinajstić information content (AvgIpc) is 3.14. The van der Waals surface area contributed by atoms with E-state index in [0.717, 1.165) is 12.1 Å². The summed E-state index contributed by atoms with van der Waals surface area (Å²) in [6, 6.07) is 21.4. The van der Waals surface area contributed by atoms with Crippen molar-refractivity contribution in [1.82, 2.24) is 0 Å². The van der Waals surface area contributed by atoms with Crippen LogP contribution >= 0.6 is 0 Å². The first-order chi connectivity index (χ1) is 27.2. The van der Waals surface area contributed by atoms with Crippen LogP contribution in [0.3, 0.4) is 0 Å². The monoisotopic (exact) mass is 847 g/mol. The van der Waals surface area contributed by atoms with Crippen LogP contribution in [-0.4, -0.2) is 44.0 Å². The van der Waals surface area contributed by atoms with E-state index in [1.165, 1.54) is 54.6 Å². The lowest BCUT2D eigenvalue weighted by Crippen LogP contribution is -2.04. The molecule has 0 aliphatic heterocycles. The molecule has 298 valence electrons. The molecule has 0 aliphatic carbocycles. The van der Waals surface area contributed by atoms with Crippen LogP contribution in [0, 0.1) is 0 Å². The molecule has 0 bridgehead atoms. The Hall–Kier alpha value is -7.09. The Morgan fingerprint density at radius 2 is 1.00 bits per heavy atom. The minimum absolute atomic E-state index is 0.124. The Balaban J connectivity index is 1.37. The number of phenolic OH excluding ortho intramolecular Hbond substituents is 1. The lowest BCUT2D eigenvalue weighted by molar-refractivity contribution is 0.472. The van der Waals surface area contributed by atoms with Crippen LogP contribution in [-0.2, 0) is 30.4 Å². The maximum absolute atomic E-state index is 12.5. The fraction of sp³-hybridized carbons (Fsp3) is 0. The average molecular weight is 848 g/mol. The van der Waals surface area contributed by atoms with Crippen LogP contribution in [0.25, 0.3) is 10.8 Å². The second-order valence-electron chi connectivity index (χ2n) is 12.1. The summed E-state index contributed by atoms with van der Waals surface area (Å²) in [5.74, 6) is -1.05. The quantitative estimate of drug-likeness (QED) is 0.0344. The SMILES string of the molecule is Nc1ccc(N=Nc2c(S(=O)(=O)O)cc3cc(S(=O)(=O)O)c(N=Nc4ccc(Nc5ccc(N=Nc6ccc(N)cc6N)cc5)c(S(=O)(=O)O)c4)c(O)c3c2N)cc1. The number of phenols is 1. The van der Waals surface area contributed by atoms with Crippen LogP contribution < -0.4 is 28.3 Å². The summed E-state index contributed by atoms with van der Waals surface area (Å²) in [4.78, 5) is -2.71. The number of nitrogen functional groups attached to an aromatic ring is 4. The Kier molecular flexibility index (Phi) is 10.8. The van der Waals surface area contributed by atoms with Gasteiger partial charge in [-0.05, 0) is 102 Å². The molecule has 0 saturated carbocycles. The first-order valence-corrected chi connectivity index (χ1v) is 20.3. The van der Waals surface area contributed by atoms with Crippen molar-refractivity contribution in [3.8, 4) is 5.75 Å². The molecule has 0 radical (unpaired) electrons. The number of anilines is 6. The third kappa shape index (κ3) is 8.96. The lowest BCUT2D eigenvalue weighted by Gasteiger charge is -2.14. The highest BCUT2D eigenvalue weighted by Gasteiger charge is 2.28. The number of hydrogen-bond acceptors (Lipinski definition) is 18. The highest BCUT2D eigenvalue weighted by atomic mass is 32.2. The van der Waals surface area contributed by atoms with E-state index in [0.29, 0.717) is 40.2 Å². The molecule has 6 rings (SSSR count). The van der Waals surface area contributed by atoms with Gasteiger partial charge in [-0.25, -0.2) is 0 Å². The Labute approximate surface area is 328 Å². The second kappa shape index (κ2) is 15.4. The molecule has 0 amide bonds. The van der Waals surface area contributed by atoms with Gasteiger partial charge in [0.05, 0.1) is 39.5 Å². The van der Waals surface area contributed by atoms with Crippen LogP contribution in [0.1, 0.15) is 0 Å². The first-order valence-electron chi connectivity index (χ1n) is 16.0. The molecule has 58 heavy (non-hydrogen) atoms. The van der Waals surface area contributed by atoms with E-state index in [9.17, 15) is 44.0 Å². The molecular weight excluding hydrogens is 819 g/mol. The minimum Gasteiger partial charge on any atom is -0.505 e. The molecule has 6 aromatic rings. The molecule has 0 spiro atoms. The van der Waals surface area contributed by atoms with E-state index in [1.54, 1.807) is 24.3 Å². The van der Waals surface area contributed by atoms with Crippen molar-refractivity contribution in [3.63, 3.8) is 0 Å². The summed E-state index contributed by atoms with van der Waals surface area (Å²) < 4.78 is 105. The number of fused-ring (bicyclic) bond motifs is 1. The Morgan fingerprint density at radius 3 is 1.59 bits per heavy atom. The van der Waals surface area contributed by atoms with Gasteiger partial charge in [0.1, 0.15) is 31.7 Å². The molecule has 0 atom stereocenters. The number of nitrogens with two attached hydrogens (primary N) is 4. The number of hydrogen-bond donors (Lipinski definition) is 9. The second-order valence-corrected chi connectivity index (χ2v) is 16.3. The van der Waals surface area contributed by atoms with E-state index in [2.05, 4.69) is 36.0 Å². The van der Waals surface area contributed by atoms with Crippen molar-refractivity contribution in [1.29, 1.82) is 0 Å². The van der Waals surface area contributed by atoms with Gasteiger partial charge in [0.25, 0.3) is 30.4 Å². The van der Waals surface area contributed by atoms with Gasteiger partial charge in [0, 0.05) is 17.1 Å². The number of rotatable bonds is 11. The lowest BCUT2D eigenvalue weighted by atomic mass is 10.1. The maximum atomic E-state index is 12.5. The summed E-state index contributed by atoms with van der Waals surface area (Å²) in [6.07, 6.45) is 0. The van der Waals surface area contributed by atoms with Gasteiger partial charge < -0.3 is 33.4 Å². The van der Waals surface area contributed by atoms with Crippen molar-refractivity contribution in [3.05, 3.63) is 97.1 Å². The first kappa shape index (κ1) is 40.6. The smallest absolute Gasteiger partial charge is 0.296 e. The number of benzene rings is 6. The van der Waals surface area contributed by atoms with E-state index in [-0.39, 0.29) is 17.1 Å². The van der Waals surface area contributed by atoms with Crippen LogP contribution in [0.5, 0.6) is 5.75 Å². The normalized spacial score (nSPS) is 12.6. The Morgan fingerprint density at radius 1 is 0.500 bits per heavy atom. The largest absolute Gasteiger partial charge is 0.505 e. The van der Waals surface area contributed by atoms with Gasteiger partial charge in [-0.1, -0.05) is 0 Å². The Bertz CT molecular complexity index is 3050. The fourth-order valence-electron chi connectivity index (χ4n) is 5.29. The van der Waals surface area contributed by atoms with Crippen LogP contribution in [0.15, 0.2) is 142 Å². The van der Waals surface area contributed by atoms with Crippen molar-refractivity contribution in [2.45, 2.75) is 14.7 Å². The predicted molar refractivity (Wildman–Crippen MR) is 214 cm³/mol. The number of azo groups is 3. The molecule has 21 nitrogen and oxygen atoms in total. The summed E-state index contributed by atoms with van der Waals surface area (Å²) in [5, 5.41) is 36.8. The summed E-state index contributed by atoms with van der Waals surface area (Å²) in [6.45, 7) is 0. The highest BCUT2D eigenvalue weighted by Crippen LogP contribution is 2.48. The zero-order chi connectivity index (χ0) is 42.2. The third-order valence-corrected chi connectivity index (χ3v) is 10.6. The van der Waals surface area contributed by atoms with Gasteiger partial charge in [-0.15, -0.1) is 15.3 Å². The zero-order valence-electron chi connectivity index (χ0n) is 29.2. The molecule has 24 heteroatoms. The molecule has 0 aliphatic rings. The van der Waals surface area contributed by atoms with Gasteiger partial charge in [0.15, 0.2) is 5.75 Å².